The van der Waals surface area contributed by atoms with Crippen LogP contribution in [-0.2, 0) is 14.4 Å². The molecule has 27 heavy (non-hydrogen) atoms. The summed E-state index contributed by atoms with van der Waals surface area (Å²) in [4.78, 5) is 32.0. The van der Waals surface area contributed by atoms with Crippen LogP contribution in [-0.4, -0.2) is 35.9 Å². The van der Waals surface area contributed by atoms with Gasteiger partial charge in [-0.15, -0.1) is 0 Å². The van der Waals surface area contributed by atoms with E-state index in [0.717, 1.165) is 16.2 Å². The molecule has 0 bridgehead atoms. The minimum atomic E-state index is -0.807. The Bertz CT molecular complexity index is 947. The van der Waals surface area contributed by atoms with Crippen molar-refractivity contribution in [1.82, 2.24) is 4.90 Å². The van der Waals surface area contributed by atoms with Gasteiger partial charge in [-0.2, -0.15) is 5.26 Å². The molecule has 0 aromatic heterocycles. The Morgan fingerprint density at radius 2 is 1.74 bits per heavy atom. The van der Waals surface area contributed by atoms with Gasteiger partial charge in [0.05, 0.1) is 23.4 Å². The van der Waals surface area contributed by atoms with Crippen LogP contribution in [0.25, 0.3) is 6.08 Å². The highest BCUT2D eigenvalue weighted by Gasteiger charge is 2.57. The first-order valence-electron chi connectivity index (χ1n) is 8.61. The molecule has 0 N–H and O–H groups in total. The number of carbonyl (C=O) groups is 2. The van der Waals surface area contributed by atoms with Gasteiger partial charge in [0.2, 0.25) is 5.91 Å². The van der Waals surface area contributed by atoms with Crippen LogP contribution in [0.3, 0.4) is 0 Å². The number of hydroxylamine groups is 1. The van der Waals surface area contributed by atoms with Gasteiger partial charge in [-0.1, -0.05) is 42.5 Å². The largest absolute Gasteiger partial charge is 0.283 e. The summed E-state index contributed by atoms with van der Waals surface area (Å²) >= 11 is 0. The molecule has 0 aliphatic carbocycles. The molecule has 3 atom stereocenters. The van der Waals surface area contributed by atoms with E-state index >= 15 is 0 Å². The van der Waals surface area contributed by atoms with E-state index in [4.69, 9.17) is 10.1 Å². The van der Waals surface area contributed by atoms with Crippen LogP contribution >= 0.6 is 0 Å². The molecule has 134 valence electrons. The topological polar surface area (TPSA) is 73.6 Å². The molecule has 2 amide bonds. The number of likely N-dealkylation sites (tertiary alicyclic amines) is 1. The minimum absolute atomic E-state index is 0.238. The van der Waals surface area contributed by atoms with E-state index < -0.39 is 18.1 Å². The smallest absolute Gasteiger partial charge is 0.261 e. The van der Waals surface area contributed by atoms with E-state index in [-0.39, 0.29) is 11.8 Å². The number of rotatable bonds is 3. The standard InChI is InChI=1S/C21H17N3O3/c1-23-20(25)18-17(12-11-14-7-9-15(13-22)10-8-14)24(27-19(18)21(23)26)16-5-3-2-4-6-16/h2-12,17-19H,1H3/b12-11+. The molecule has 0 radical (unpaired) electrons. The summed E-state index contributed by atoms with van der Waals surface area (Å²) in [6, 6.07) is 18.2. The first-order valence-corrected chi connectivity index (χ1v) is 8.61. The summed E-state index contributed by atoms with van der Waals surface area (Å²) in [6.45, 7) is 0. The van der Waals surface area contributed by atoms with Crippen molar-refractivity contribution in [2.75, 3.05) is 12.1 Å². The first-order chi connectivity index (χ1) is 13.1. The summed E-state index contributed by atoms with van der Waals surface area (Å²) in [5.74, 6) is -1.14. The Morgan fingerprint density at radius 3 is 2.41 bits per heavy atom. The van der Waals surface area contributed by atoms with Crippen LogP contribution in [0, 0.1) is 17.2 Å². The first kappa shape index (κ1) is 17.0. The van der Waals surface area contributed by atoms with E-state index in [1.807, 2.05) is 54.6 Å². The lowest BCUT2D eigenvalue weighted by molar-refractivity contribution is -0.141. The van der Waals surface area contributed by atoms with Crippen molar-refractivity contribution in [3.8, 4) is 6.07 Å². The van der Waals surface area contributed by atoms with Gasteiger partial charge in [0, 0.05) is 7.05 Å². The molecule has 0 saturated carbocycles. The number of hydrogen-bond donors (Lipinski definition) is 0. The van der Waals surface area contributed by atoms with Crippen molar-refractivity contribution in [1.29, 1.82) is 5.26 Å². The van der Waals surface area contributed by atoms with Crippen LogP contribution in [0.4, 0.5) is 5.69 Å². The maximum atomic E-state index is 12.6. The fourth-order valence-corrected chi connectivity index (χ4v) is 3.46. The summed E-state index contributed by atoms with van der Waals surface area (Å²) in [7, 11) is 1.49. The molecular weight excluding hydrogens is 342 g/mol. The lowest BCUT2D eigenvalue weighted by Gasteiger charge is -2.25. The number of imide groups is 1. The van der Waals surface area contributed by atoms with Crippen molar-refractivity contribution in [3.63, 3.8) is 0 Å². The molecule has 0 spiro atoms. The average molecular weight is 359 g/mol. The monoisotopic (exact) mass is 359 g/mol. The fraction of sp³-hybridized carbons (Fsp3) is 0.190. The highest BCUT2D eigenvalue weighted by molar-refractivity contribution is 6.07. The Hall–Kier alpha value is -3.43. The van der Waals surface area contributed by atoms with E-state index in [0.29, 0.717) is 5.56 Å². The maximum Gasteiger partial charge on any atom is 0.261 e. The zero-order valence-corrected chi connectivity index (χ0v) is 14.6. The number of amides is 2. The molecule has 2 heterocycles. The Kier molecular flexibility index (Phi) is 4.22. The van der Waals surface area contributed by atoms with Gasteiger partial charge in [0.25, 0.3) is 5.91 Å². The van der Waals surface area contributed by atoms with E-state index in [9.17, 15) is 9.59 Å². The molecule has 2 aromatic carbocycles. The third-order valence-electron chi connectivity index (χ3n) is 4.92. The van der Waals surface area contributed by atoms with Crippen LogP contribution in [0.2, 0.25) is 0 Å². The fourth-order valence-electron chi connectivity index (χ4n) is 3.46. The quantitative estimate of drug-likeness (QED) is 0.787. The van der Waals surface area contributed by atoms with Crippen LogP contribution < -0.4 is 5.06 Å². The number of hydrogen-bond acceptors (Lipinski definition) is 5. The van der Waals surface area contributed by atoms with Crippen LogP contribution in [0.5, 0.6) is 0 Å². The van der Waals surface area contributed by atoms with Crippen molar-refractivity contribution in [2.24, 2.45) is 5.92 Å². The van der Waals surface area contributed by atoms with Gasteiger partial charge in [0.15, 0.2) is 6.10 Å². The molecule has 2 aliphatic heterocycles. The second kappa shape index (κ2) is 6.71. The maximum absolute atomic E-state index is 12.6. The Labute approximate surface area is 156 Å². The molecule has 2 fully saturated rings. The molecule has 6 heteroatoms. The number of nitrogens with zero attached hydrogens (tertiary/aromatic N) is 3. The number of nitriles is 1. The normalized spacial score (nSPS) is 24.5. The molecule has 2 aromatic rings. The second-order valence-corrected chi connectivity index (χ2v) is 6.53. The predicted molar refractivity (Wildman–Crippen MR) is 99.0 cm³/mol. The number of carbonyl (C=O) groups excluding carboxylic acids is 2. The number of para-hydroxylation sites is 1. The second-order valence-electron chi connectivity index (χ2n) is 6.53. The third kappa shape index (κ3) is 2.88. The van der Waals surface area contributed by atoms with Gasteiger partial charge in [0.1, 0.15) is 5.92 Å². The van der Waals surface area contributed by atoms with Gasteiger partial charge in [-0.05, 0) is 29.8 Å². The van der Waals surface area contributed by atoms with Crippen molar-refractivity contribution < 1.29 is 14.4 Å². The van der Waals surface area contributed by atoms with Gasteiger partial charge >= 0.3 is 0 Å². The van der Waals surface area contributed by atoms with Crippen molar-refractivity contribution in [3.05, 3.63) is 71.8 Å². The third-order valence-corrected chi connectivity index (χ3v) is 4.92. The number of fused-ring (bicyclic) bond motifs is 1. The molecular formula is C21H17N3O3. The van der Waals surface area contributed by atoms with Crippen LogP contribution in [0.15, 0.2) is 60.7 Å². The van der Waals surface area contributed by atoms with Gasteiger partial charge in [-0.3, -0.25) is 19.3 Å². The van der Waals surface area contributed by atoms with E-state index in [1.165, 1.54) is 7.05 Å². The molecule has 2 saturated heterocycles. The van der Waals surface area contributed by atoms with Crippen LogP contribution in [0.1, 0.15) is 11.1 Å². The number of anilines is 1. The summed E-state index contributed by atoms with van der Waals surface area (Å²) in [5.41, 5.74) is 2.26. The van der Waals surface area contributed by atoms with E-state index in [2.05, 4.69) is 6.07 Å². The highest BCUT2D eigenvalue weighted by Crippen LogP contribution is 2.38. The number of benzene rings is 2. The zero-order valence-electron chi connectivity index (χ0n) is 14.6. The molecule has 2 aliphatic rings. The summed E-state index contributed by atoms with van der Waals surface area (Å²) < 4.78 is 0. The highest BCUT2D eigenvalue weighted by atomic mass is 16.7. The van der Waals surface area contributed by atoms with Gasteiger partial charge < -0.3 is 0 Å². The zero-order chi connectivity index (χ0) is 19.0. The Morgan fingerprint density at radius 1 is 1.04 bits per heavy atom. The average Bonchev–Trinajstić information content (AvgIpc) is 3.19. The summed E-state index contributed by atoms with van der Waals surface area (Å²) in [6.07, 6.45) is 2.95. The molecule has 4 rings (SSSR count). The van der Waals surface area contributed by atoms with Crippen molar-refractivity contribution in [2.45, 2.75) is 12.1 Å². The Balaban J connectivity index is 1.68. The van der Waals surface area contributed by atoms with E-state index in [1.54, 1.807) is 17.2 Å². The predicted octanol–water partition coefficient (Wildman–Crippen LogP) is 2.38. The van der Waals surface area contributed by atoms with Gasteiger partial charge in [-0.25, -0.2) is 5.06 Å². The van der Waals surface area contributed by atoms with Crippen molar-refractivity contribution >= 4 is 23.6 Å². The SMILES string of the molecule is CN1C(=O)C2ON(c3ccccc3)C(/C=C/c3ccc(C#N)cc3)C2C1=O. The lowest BCUT2D eigenvalue weighted by atomic mass is 9.95. The molecule has 6 nitrogen and oxygen atoms in total. The number of likely N-dealkylation sites (N-methyl/N-ethyl adjacent to an activating group) is 1. The molecule has 3 unspecified atom stereocenters. The summed E-state index contributed by atoms with van der Waals surface area (Å²) in [5, 5.41) is 10.5. The minimum Gasteiger partial charge on any atom is -0.283 e. The lowest BCUT2D eigenvalue weighted by Crippen LogP contribution is -2.37.